The second kappa shape index (κ2) is 5.96. The molecule has 0 bridgehead atoms. The molecule has 2 aromatic carbocycles. The number of benzene rings is 2. The van der Waals surface area contributed by atoms with Crippen LogP contribution in [0.5, 0.6) is 0 Å². The average molecular weight is 320 g/mol. The van der Waals surface area contributed by atoms with Crippen molar-refractivity contribution in [3.05, 3.63) is 70.4 Å². The molecule has 2 amide bonds. The van der Waals surface area contributed by atoms with E-state index >= 15 is 0 Å². The Morgan fingerprint density at radius 1 is 0.875 bits per heavy atom. The first kappa shape index (κ1) is 16.0. The molecular weight excluding hydrogens is 300 g/mol. The Labute approximate surface area is 141 Å². The number of likely N-dealkylation sites (N-methyl/N-ethyl adjacent to an activating group) is 1. The van der Waals surface area contributed by atoms with Crippen LogP contribution in [-0.2, 0) is 9.59 Å². The molecule has 0 unspecified atom stereocenters. The Bertz CT molecular complexity index is 881. The SMILES string of the molecule is Cc1cccc(NC2=C(c3ccc(C)cc3C)C(=O)N(C)C2=O)c1. The van der Waals surface area contributed by atoms with Gasteiger partial charge in [-0.15, -0.1) is 0 Å². The number of rotatable bonds is 3. The molecule has 1 heterocycles. The summed E-state index contributed by atoms with van der Waals surface area (Å²) in [5.74, 6) is -0.585. The van der Waals surface area contributed by atoms with E-state index in [0.717, 1.165) is 32.8 Å². The molecule has 0 spiro atoms. The standard InChI is InChI=1S/C20H20N2O2/c1-12-6-5-7-15(11-12)21-18-17(19(23)22(4)20(18)24)16-9-8-13(2)10-14(16)3/h5-11,21H,1-4H3. The molecule has 4 nitrogen and oxygen atoms in total. The summed E-state index contributed by atoms with van der Waals surface area (Å²) in [6.07, 6.45) is 0. The van der Waals surface area contributed by atoms with E-state index in [0.29, 0.717) is 11.3 Å². The first-order valence-corrected chi connectivity index (χ1v) is 7.86. The zero-order chi connectivity index (χ0) is 17.4. The summed E-state index contributed by atoms with van der Waals surface area (Å²) in [7, 11) is 1.51. The van der Waals surface area contributed by atoms with Gasteiger partial charge in [0.15, 0.2) is 0 Å². The molecule has 3 rings (SSSR count). The third kappa shape index (κ3) is 2.71. The largest absolute Gasteiger partial charge is 0.350 e. The van der Waals surface area contributed by atoms with E-state index in [-0.39, 0.29) is 11.8 Å². The molecule has 0 radical (unpaired) electrons. The number of nitrogens with one attached hydrogen (secondary N) is 1. The summed E-state index contributed by atoms with van der Waals surface area (Å²) >= 11 is 0. The number of aryl methyl sites for hydroxylation is 3. The van der Waals surface area contributed by atoms with Crippen molar-refractivity contribution in [2.75, 3.05) is 12.4 Å². The number of carbonyl (C=O) groups excluding carboxylic acids is 2. The molecule has 122 valence electrons. The fourth-order valence-electron chi connectivity index (χ4n) is 2.97. The predicted octanol–water partition coefficient (Wildman–Crippen LogP) is 3.43. The van der Waals surface area contributed by atoms with Gasteiger partial charge in [0.1, 0.15) is 5.70 Å². The summed E-state index contributed by atoms with van der Waals surface area (Å²) in [6, 6.07) is 13.6. The number of hydrogen-bond acceptors (Lipinski definition) is 3. The van der Waals surface area contributed by atoms with Crippen LogP contribution in [0.4, 0.5) is 5.69 Å². The van der Waals surface area contributed by atoms with Crippen LogP contribution >= 0.6 is 0 Å². The Balaban J connectivity index is 2.14. The topological polar surface area (TPSA) is 49.4 Å². The second-order valence-electron chi connectivity index (χ2n) is 6.23. The highest BCUT2D eigenvalue weighted by Crippen LogP contribution is 2.31. The predicted molar refractivity (Wildman–Crippen MR) is 95.4 cm³/mol. The van der Waals surface area contributed by atoms with Gasteiger partial charge in [-0.25, -0.2) is 0 Å². The lowest BCUT2D eigenvalue weighted by Crippen LogP contribution is -2.28. The number of nitrogens with zero attached hydrogens (tertiary/aromatic N) is 1. The van der Waals surface area contributed by atoms with Gasteiger partial charge in [0.2, 0.25) is 0 Å². The average Bonchev–Trinajstić information content (AvgIpc) is 2.73. The van der Waals surface area contributed by atoms with Crippen molar-refractivity contribution in [3.8, 4) is 0 Å². The van der Waals surface area contributed by atoms with E-state index in [1.807, 2.05) is 63.2 Å². The van der Waals surface area contributed by atoms with Gasteiger partial charge in [-0.1, -0.05) is 35.9 Å². The van der Waals surface area contributed by atoms with Crippen molar-refractivity contribution in [1.29, 1.82) is 0 Å². The monoisotopic (exact) mass is 320 g/mol. The molecule has 4 heteroatoms. The van der Waals surface area contributed by atoms with Gasteiger partial charge in [0.25, 0.3) is 11.8 Å². The summed E-state index contributed by atoms with van der Waals surface area (Å²) < 4.78 is 0. The maximum absolute atomic E-state index is 12.6. The lowest BCUT2D eigenvalue weighted by atomic mass is 9.97. The van der Waals surface area contributed by atoms with E-state index in [9.17, 15) is 9.59 Å². The van der Waals surface area contributed by atoms with Gasteiger partial charge in [0, 0.05) is 12.7 Å². The van der Waals surface area contributed by atoms with Crippen LogP contribution < -0.4 is 5.32 Å². The molecule has 0 saturated heterocycles. The summed E-state index contributed by atoms with van der Waals surface area (Å²) in [4.78, 5) is 26.3. The molecule has 2 aromatic rings. The Hall–Kier alpha value is -2.88. The Morgan fingerprint density at radius 2 is 1.58 bits per heavy atom. The highest BCUT2D eigenvalue weighted by molar-refractivity contribution is 6.36. The van der Waals surface area contributed by atoms with Crippen LogP contribution in [0, 0.1) is 20.8 Å². The first-order valence-electron chi connectivity index (χ1n) is 7.86. The van der Waals surface area contributed by atoms with Crippen molar-refractivity contribution in [2.24, 2.45) is 0 Å². The van der Waals surface area contributed by atoms with Gasteiger partial charge in [-0.05, 0) is 49.6 Å². The van der Waals surface area contributed by atoms with Gasteiger partial charge in [0.05, 0.1) is 5.57 Å². The van der Waals surface area contributed by atoms with E-state index < -0.39 is 0 Å². The molecule has 0 aromatic heterocycles. The van der Waals surface area contributed by atoms with E-state index in [2.05, 4.69) is 5.32 Å². The van der Waals surface area contributed by atoms with Gasteiger partial charge in [-0.2, -0.15) is 0 Å². The molecule has 1 N–H and O–H groups in total. The molecule has 0 aliphatic carbocycles. The minimum absolute atomic E-state index is 0.276. The van der Waals surface area contributed by atoms with Crippen molar-refractivity contribution >= 4 is 23.1 Å². The number of hydrogen-bond donors (Lipinski definition) is 1. The lowest BCUT2D eigenvalue weighted by molar-refractivity contribution is -0.135. The highest BCUT2D eigenvalue weighted by atomic mass is 16.2. The zero-order valence-corrected chi connectivity index (χ0v) is 14.3. The first-order chi connectivity index (χ1) is 11.4. The second-order valence-corrected chi connectivity index (χ2v) is 6.23. The zero-order valence-electron chi connectivity index (χ0n) is 14.3. The molecule has 24 heavy (non-hydrogen) atoms. The molecular formula is C20H20N2O2. The normalized spacial score (nSPS) is 14.6. The summed E-state index contributed by atoms with van der Waals surface area (Å²) in [6.45, 7) is 5.94. The Morgan fingerprint density at radius 3 is 2.25 bits per heavy atom. The van der Waals surface area contributed by atoms with Crippen molar-refractivity contribution in [3.63, 3.8) is 0 Å². The van der Waals surface area contributed by atoms with Crippen molar-refractivity contribution < 1.29 is 9.59 Å². The quantitative estimate of drug-likeness (QED) is 0.882. The lowest BCUT2D eigenvalue weighted by Gasteiger charge is -2.11. The Kier molecular flexibility index (Phi) is 3.97. The van der Waals surface area contributed by atoms with Crippen molar-refractivity contribution in [2.45, 2.75) is 20.8 Å². The third-order valence-corrected chi connectivity index (χ3v) is 4.23. The molecule has 1 aliphatic rings. The van der Waals surface area contributed by atoms with E-state index in [4.69, 9.17) is 0 Å². The van der Waals surface area contributed by atoms with Crippen LogP contribution in [0.15, 0.2) is 48.2 Å². The molecule has 0 fully saturated rings. The van der Waals surface area contributed by atoms with Crippen LogP contribution in [0.2, 0.25) is 0 Å². The minimum Gasteiger partial charge on any atom is -0.350 e. The number of imide groups is 1. The molecule has 0 saturated carbocycles. The van der Waals surface area contributed by atoms with Gasteiger partial charge < -0.3 is 5.32 Å². The number of carbonyl (C=O) groups is 2. The maximum atomic E-state index is 12.6. The van der Waals surface area contributed by atoms with Crippen LogP contribution in [-0.4, -0.2) is 23.8 Å². The van der Waals surface area contributed by atoms with Gasteiger partial charge >= 0.3 is 0 Å². The van der Waals surface area contributed by atoms with Gasteiger partial charge in [-0.3, -0.25) is 14.5 Å². The van der Waals surface area contributed by atoms with Crippen molar-refractivity contribution in [1.82, 2.24) is 4.90 Å². The van der Waals surface area contributed by atoms with E-state index in [1.54, 1.807) is 0 Å². The number of amides is 2. The smallest absolute Gasteiger partial charge is 0.277 e. The minimum atomic E-state index is -0.309. The number of anilines is 1. The molecule has 0 atom stereocenters. The highest BCUT2D eigenvalue weighted by Gasteiger charge is 2.37. The maximum Gasteiger partial charge on any atom is 0.277 e. The van der Waals surface area contributed by atoms with Crippen LogP contribution in [0.25, 0.3) is 5.57 Å². The third-order valence-electron chi connectivity index (χ3n) is 4.23. The molecule has 1 aliphatic heterocycles. The van der Waals surface area contributed by atoms with E-state index in [1.165, 1.54) is 7.05 Å². The summed E-state index contributed by atoms with van der Waals surface area (Å²) in [5, 5.41) is 3.15. The van der Waals surface area contributed by atoms with Crippen LogP contribution in [0.3, 0.4) is 0 Å². The fraction of sp³-hybridized carbons (Fsp3) is 0.200. The summed E-state index contributed by atoms with van der Waals surface area (Å²) in [5.41, 5.74) is 5.53. The fourth-order valence-corrected chi connectivity index (χ4v) is 2.97. The van der Waals surface area contributed by atoms with Crippen LogP contribution in [0.1, 0.15) is 22.3 Å².